The predicted octanol–water partition coefficient (Wildman–Crippen LogP) is 2.64. The first-order valence-corrected chi connectivity index (χ1v) is 7.33. The van der Waals surface area contributed by atoms with Crippen molar-refractivity contribution < 1.29 is 9.21 Å². The minimum Gasteiger partial charge on any atom is -0.417 e. The quantitative estimate of drug-likeness (QED) is 0.778. The van der Waals surface area contributed by atoms with E-state index < -0.39 is 5.91 Å². The van der Waals surface area contributed by atoms with Gasteiger partial charge in [0.1, 0.15) is 0 Å². The van der Waals surface area contributed by atoms with Gasteiger partial charge < -0.3 is 9.73 Å². The number of nitrogens with zero attached hydrogens (tertiary/aromatic N) is 3. The first-order chi connectivity index (χ1) is 11.2. The summed E-state index contributed by atoms with van der Waals surface area (Å²) >= 11 is 5.93. The van der Waals surface area contributed by atoms with Crippen molar-refractivity contribution in [2.24, 2.45) is 0 Å². The molecule has 23 heavy (non-hydrogen) atoms. The molecule has 1 N–H and O–H groups in total. The molecule has 0 aliphatic rings. The summed E-state index contributed by atoms with van der Waals surface area (Å²) in [6.07, 6.45) is 2.08. The molecule has 0 atom stereocenters. The highest BCUT2D eigenvalue weighted by Gasteiger charge is 2.15. The monoisotopic (exact) mass is 328 g/mol. The molecular weight excluding hydrogens is 316 g/mol. The van der Waals surface area contributed by atoms with Crippen LogP contribution in [0.4, 0.5) is 0 Å². The van der Waals surface area contributed by atoms with Crippen LogP contribution in [0, 0.1) is 0 Å². The van der Waals surface area contributed by atoms with Crippen LogP contribution in [0.1, 0.15) is 27.8 Å². The van der Waals surface area contributed by atoms with Crippen LogP contribution in [-0.4, -0.2) is 21.1 Å². The fourth-order valence-electron chi connectivity index (χ4n) is 1.99. The lowest BCUT2D eigenvalue weighted by molar-refractivity contribution is 0.0914. The molecule has 116 valence electrons. The second-order valence-electron chi connectivity index (χ2n) is 4.81. The number of amides is 1. The smallest absolute Gasteiger partial charge is 0.309 e. The number of carbonyl (C=O) groups is 1. The molecule has 0 unspecified atom stereocenters. The van der Waals surface area contributed by atoms with Crippen molar-refractivity contribution in [3.63, 3.8) is 0 Å². The molecule has 0 saturated heterocycles. The average molecular weight is 329 g/mol. The second kappa shape index (κ2) is 7.02. The highest BCUT2D eigenvalue weighted by molar-refractivity contribution is 6.30. The van der Waals surface area contributed by atoms with E-state index >= 15 is 0 Å². The van der Waals surface area contributed by atoms with Gasteiger partial charge in [-0.2, -0.15) is 0 Å². The molecule has 0 aliphatic heterocycles. The number of pyridine rings is 1. The summed E-state index contributed by atoms with van der Waals surface area (Å²) in [5, 5.41) is 11.0. The number of nitrogens with one attached hydrogen (secondary N) is 1. The van der Waals surface area contributed by atoms with Gasteiger partial charge in [0.15, 0.2) is 0 Å². The normalized spacial score (nSPS) is 10.5. The van der Waals surface area contributed by atoms with Crippen LogP contribution in [0.5, 0.6) is 0 Å². The summed E-state index contributed by atoms with van der Waals surface area (Å²) in [6, 6.07) is 12.8. The molecule has 3 rings (SSSR count). The summed E-state index contributed by atoms with van der Waals surface area (Å²) in [7, 11) is 0. The zero-order valence-electron chi connectivity index (χ0n) is 12.1. The zero-order chi connectivity index (χ0) is 16.1. The number of benzene rings is 1. The fourth-order valence-corrected chi connectivity index (χ4v) is 2.20. The third-order valence-electron chi connectivity index (χ3n) is 3.06. The fraction of sp³-hybridized carbons (Fsp3) is 0.125. The van der Waals surface area contributed by atoms with E-state index in [9.17, 15) is 4.79 Å². The van der Waals surface area contributed by atoms with Crippen LogP contribution in [0.25, 0.3) is 0 Å². The molecule has 6 nitrogen and oxygen atoms in total. The van der Waals surface area contributed by atoms with Crippen molar-refractivity contribution in [2.75, 3.05) is 0 Å². The lowest BCUT2D eigenvalue weighted by atomic mass is 10.1. The minimum atomic E-state index is -0.430. The van der Waals surface area contributed by atoms with Gasteiger partial charge >= 0.3 is 11.8 Å². The van der Waals surface area contributed by atoms with Gasteiger partial charge in [-0.25, -0.2) is 0 Å². The largest absolute Gasteiger partial charge is 0.417 e. The summed E-state index contributed by atoms with van der Waals surface area (Å²) in [5.41, 5.74) is 1.68. The van der Waals surface area contributed by atoms with Crippen LogP contribution in [-0.2, 0) is 13.0 Å². The third kappa shape index (κ3) is 4.14. The number of hydrogen-bond acceptors (Lipinski definition) is 5. The van der Waals surface area contributed by atoms with Crippen LogP contribution < -0.4 is 5.32 Å². The van der Waals surface area contributed by atoms with E-state index in [4.69, 9.17) is 16.0 Å². The molecule has 7 heteroatoms. The zero-order valence-corrected chi connectivity index (χ0v) is 12.8. The standard InChI is InChI=1S/C16H13ClN4O2/c17-12-5-3-4-11(8-12)9-14-20-21-16(23-14)15(22)19-10-13-6-1-2-7-18-13/h1-8H,9-10H2,(H,19,22). The van der Waals surface area contributed by atoms with Crippen molar-refractivity contribution >= 4 is 17.5 Å². The number of aromatic nitrogens is 3. The Morgan fingerprint density at radius 2 is 2.09 bits per heavy atom. The molecule has 1 aromatic carbocycles. The summed E-state index contributed by atoms with van der Waals surface area (Å²) in [4.78, 5) is 16.1. The van der Waals surface area contributed by atoms with E-state index in [-0.39, 0.29) is 5.89 Å². The molecule has 3 aromatic rings. The van der Waals surface area contributed by atoms with Crippen molar-refractivity contribution in [2.45, 2.75) is 13.0 Å². The molecule has 0 saturated carbocycles. The van der Waals surface area contributed by atoms with Crippen molar-refractivity contribution in [3.8, 4) is 0 Å². The third-order valence-corrected chi connectivity index (χ3v) is 3.30. The topological polar surface area (TPSA) is 80.9 Å². The van der Waals surface area contributed by atoms with Crippen LogP contribution >= 0.6 is 11.6 Å². The molecule has 0 fully saturated rings. The second-order valence-corrected chi connectivity index (χ2v) is 5.25. The van der Waals surface area contributed by atoms with Crippen molar-refractivity contribution in [1.82, 2.24) is 20.5 Å². The van der Waals surface area contributed by atoms with E-state index in [2.05, 4.69) is 20.5 Å². The van der Waals surface area contributed by atoms with Gasteiger partial charge in [0.05, 0.1) is 18.7 Å². The first kappa shape index (κ1) is 15.2. The predicted molar refractivity (Wildman–Crippen MR) is 84.0 cm³/mol. The van der Waals surface area contributed by atoms with E-state index in [1.807, 2.05) is 36.4 Å². The Bertz CT molecular complexity index is 805. The average Bonchev–Trinajstić information content (AvgIpc) is 3.02. The van der Waals surface area contributed by atoms with Crippen molar-refractivity contribution in [1.29, 1.82) is 0 Å². The van der Waals surface area contributed by atoms with Gasteiger partial charge in [-0.1, -0.05) is 29.8 Å². The molecule has 0 radical (unpaired) electrons. The maximum atomic E-state index is 12.0. The maximum absolute atomic E-state index is 12.0. The van der Waals surface area contributed by atoms with Gasteiger partial charge in [-0.3, -0.25) is 9.78 Å². The van der Waals surface area contributed by atoms with E-state index in [1.54, 1.807) is 12.3 Å². The maximum Gasteiger partial charge on any atom is 0.309 e. The van der Waals surface area contributed by atoms with E-state index in [0.29, 0.717) is 23.9 Å². The van der Waals surface area contributed by atoms with Gasteiger partial charge in [-0.05, 0) is 29.8 Å². The minimum absolute atomic E-state index is 0.0713. The molecule has 0 spiro atoms. The Morgan fingerprint density at radius 3 is 2.87 bits per heavy atom. The molecule has 0 bridgehead atoms. The molecule has 2 aromatic heterocycles. The molecular formula is C16H13ClN4O2. The van der Waals surface area contributed by atoms with Crippen molar-refractivity contribution in [3.05, 3.63) is 76.7 Å². The number of halogens is 1. The Morgan fingerprint density at radius 1 is 1.17 bits per heavy atom. The summed E-state index contributed by atoms with van der Waals surface area (Å²) < 4.78 is 5.38. The Kier molecular flexibility index (Phi) is 4.63. The molecule has 1 amide bonds. The molecule has 0 aliphatic carbocycles. The van der Waals surface area contributed by atoms with Crippen LogP contribution in [0.2, 0.25) is 5.02 Å². The number of carbonyl (C=O) groups excluding carboxylic acids is 1. The summed E-state index contributed by atoms with van der Waals surface area (Å²) in [6.45, 7) is 0.297. The van der Waals surface area contributed by atoms with Gasteiger partial charge in [0.2, 0.25) is 5.89 Å². The van der Waals surface area contributed by atoms with E-state index in [0.717, 1.165) is 11.3 Å². The van der Waals surface area contributed by atoms with Gasteiger partial charge in [0.25, 0.3) is 0 Å². The SMILES string of the molecule is O=C(NCc1ccccn1)c1nnc(Cc2cccc(Cl)c2)o1. The highest BCUT2D eigenvalue weighted by Crippen LogP contribution is 2.14. The molecule has 2 heterocycles. The van der Waals surface area contributed by atoms with Gasteiger partial charge in [-0.15, -0.1) is 10.2 Å². The highest BCUT2D eigenvalue weighted by atomic mass is 35.5. The number of rotatable bonds is 5. The van der Waals surface area contributed by atoms with E-state index in [1.165, 1.54) is 0 Å². The summed E-state index contributed by atoms with van der Waals surface area (Å²) in [5.74, 6) is -0.145. The van der Waals surface area contributed by atoms with Gasteiger partial charge in [0, 0.05) is 11.2 Å². The lowest BCUT2D eigenvalue weighted by Crippen LogP contribution is -2.23. The van der Waals surface area contributed by atoms with Crippen LogP contribution in [0.3, 0.4) is 0 Å². The van der Waals surface area contributed by atoms with Crippen LogP contribution in [0.15, 0.2) is 53.1 Å². The lowest BCUT2D eigenvalue weighted by Gasteiger charge is -2.01. The Balaban J connectivity index is 1.61. The Hall–Kier alpha value is -2.73. The number of hydrogen-bond donors (Lipinski definition) is 1. The first-order valence-electron chi connectivity index (χ1n) is 6.95. The Labute approximate surface area is 137 Å².